The third kappa shape index (κ3) is 6.72. The van der Waals surface area contributed by atoms with Gasteiger partial charge in [-0.15, -0.1) is 0 Å². The van der Waals surface area contributed by atoms with Crippen LogP contribution in [0, 0.1) is 0 Å². The van der Waals surface area contributed by atoms with Crippen molar-refractivity contribution in [1.82, 2.24) is 19.9 Å². The number of carbonyl (C=O) groups is 1. The van der Waals surface area contributed by atoms with Crippen LogP contribution in [0.5, 0.6) is 11.6 Å². The molecule has 4 heterocycles. The van der Waals surface area contributed by atoms with Crippen LogP contribution in [0.25, 0.3) is 11.1 Å². The summed E-state index contributed by atoms with van der Waals surface area (Å²) in [6, 6.07) is 17.8. The van der Waals surface area contributed by atoms with Gasteiger partial charge in [-0.2, -0.15) is 0 Å². The minimum atomic E-state index is -0.291. The Bertz CT molecular complexity index is 1690. The third-order valence-electron chi connectivity index (χ3n) is 8.20. The first-order chi connectivity index (χ1) is 22.4. The van der Waals surface area contributed by atoms with E-state index >= 15 is 0 Å². The molecular weight excluding hydrogens is 584 g/mol. The molecule has 0 radical (unpaired) electrons. The third-order valence-corrected chi connectivity index (χ3v) is 8.20. The molecule has 1 amide bonds. The van der Waals surface area contributed by atoms with Crippen molar-refractivity contribution in [2.75, 3.05) is 74.6 Å². The SMILES string of the molecule is C=CC(=O)Nc1cc(Nc2cc(N3OCC[C@@H]3c3cccc(-c4ccc(OC)nc4)c3)ncn2)c(OC)cc1N1CCN(C)CC1. The van der Waals surface area contributed by atoms with Crippen molar-refractivity contribution in [2.24, 2.45) is 0 Å². The molecule has 1 atom stereocenters. The number of likely N-dealkylation sites (N-methyl/N-ethyl adjacent to an activating group) is 1. The first kappa shape index (κ1) is 30.8. The van der Waals surface area contributed by atoms with E-state index in [4.69, 9.17) is 14.3 Å². The highest BCUT2D eigenvalue weighted by atomic mass is 16.7. The second kappa shape index (κ2) is 13.8. The highest BCUT2D eigenvalue weighted by Gasteiger charge is 2.30. The number of nitrogens with zero attached hydrogens (tertiary/aromatic N) is 6. The molecule has 2 saturated heterocycles. The van der Waals surface area contributed by atoms with Crippen LogP contribution in [0.4, 0.5) is 28.7 Å². The smallest absolute Gasteiger partial charge is 0.247 e. The number of ether oxygens (including phenoxy) is 2. The van der Waals surface area contributed by atoms with Gasteiger partial charge in [-0.1, -0.05) is 24.8 Å². The zero-order valence-electron chi connectivity index (χ0n) is 26.3. The highest BCUT2D eigenvalue weighted by Crippen LogP contribution is 2.40. The number of amides is 1. The fourth-order valence-electron chi connectivity index (χ4n) is 5.70. The predicted molar refractivity (Wildman–Crippen MR) is 179 cm³/mol. The van der Waals surface area contributed by atoms with Gasteiger partial charge >= 0.3 is 0 Å². The van der Waals surface area contributed by atoms with Gasteiger partial charge < -0.3 is 29.9 Å². The summed E-state index contributed by atoms with van der Waals surface area (Å²) in [6.45, 7) is 7.67. The largest absolute Gasteiger partial charge is 0.494 e. The van der Waals surface area contributed by atoms with Gasteiger partial charge in [0.25, 0.3) is 0 Å². The minimum absolute atomic E-state index is 0.0490. The number of methoxy groups -OCH3 is 2. The van der Waals surface area contributed by atoms with Gasteiger partial charge in [0, 0.05) is 62.6 Å². The van der Waals surface area contributed by atoms with Crippen molar-refractivity contribution in [2.45, 2.75) is 12.5 Å². The average Bonchev–Trinajstić information content (AvgIpc) is 3.59. The van der Waals surface area contributed by atoms with E-state index in [-0.39, 0.29) is 11.9 Å². The monoisotopic (exact) mass is 622 g/mol. The topological polar surface area (TPSA) is 117 Å². The van der Waals surface area contributed by atoms with Gasteiger partial charge in [-0.3, -0.25) is 9.63 Å². The number of aromatic nitrogens is 3. The molecule has 2 N–H and O–H groups in total. The standard InChI is InChI=1S/C34H38N8O4/c1-5-33(43)39-26-18-27(30(44-3)19-29(26)41-14-12-40(2)13-15-41)38-31-20-32(37-22-36-31)42-28(11-16-46-42)24-8-6-7-23(17-24)25-9-10-34(45-4)35-21-25/h5-10,17-22,28H,1,11-16H2,2-4H3,(H,39,43)(H,36,37,38)/t28-/m1/s1. The molecule has 12 nitrogen and oxygen atoms in total. The van der Waals surface area contributed by atoms with Crippen LogP contribution in [0.1, 0.15) is 18.0 Å². The zero-order chi connectivity index (χ0) is 32.0. The highest BCUT2D eigenvalue weighted by molar-refractivity contribution is 6.02. The normalized spacial score (nSPS) is 16.6. The van der Waals surface area contributed by atoms with Gasteiger partial charge in [0.15, 0.2) is 5.82 Å². The van der Waals surface area contributed by atoms with Crippen LogP contribution in [-0.4, -0.2) is 79.8 Å². The summed E-state index contributed by atoms with van der Waals surface area (Å²) in [7, 11) is 5.34. The Morgan fingerprint density at radius 3 is 2.57 bits per heavy atom. The Hall–Kier alpha value is -5.20. The van der Waals surface area contributed by atoms with Gasteiger partial charge in [0.1, 0.15) is 17.9 Å². The average molecular weight is 623 g/mol. The Morgan fingerprint density at radius 2 is 1.83 bits per heavy atom. The summed E-state index contributed by atoms with van der Waals surface area (Å²) in [5.41, 5.74) is 5.33. The lowest BCUT2D eigenvalue weighted by Gasteiger charge is -2.35. The number of rotatable bonds is 10. The van der Waals surface area contributed by atoms with Crippen molar-refractivity contribution in [3.05, 3.63) is 85.3 Å². The number of nitrogens with one attached hydrogen (secondary N) is 2. The molecular formula is C34H38N8O4. The maximum Gasteiger partial charge on any atom is 0.247 e. The van der Waals surface area contributed by atoms with E-state index in [1.54, 1.807) is 14.2 Å². The van der Waals surface area contributed by atoms with Crippen molar-refractivity contribution in [3.8, 4) is 22.8 Å². The molecule has 12 heteroatoms. The lowest BCUT2D eigenvalue weighted by molar-refractivity contribution is -0.111. The van der Waals surface area contributed by atoms with Gasteiger partial charge in [0.2, 0.25) is 11.8 Å². The molecule has 4 aromatic rings. The molecule has 2 fully saturated rings. The van der Waals surface area contributed by atoms with E-state index in [0.29, 0.717) is 41.2 Å². The predicted octanol–water partition coefficient (Wildman–Crippen LogP) is 5.06. The molecule has 0 saturated carbocycles. The van der Waals surface area contributed by atoms with E-state index in [1.165, 1.54) is 12.4 Å². The lowest BCUT2D eigenvalue weighted by Crippen LogP contribution is -2.44. The van der Waals surface area contributed by atoms with Crippen molar-refractivity contribution in [1.29, 1.82) is 0 Å². The molecule has 0 spiro atoms. The number of hydrogen-bond acceptors (Lipinski definition) is 11. The number of pyridine rings is 1. The number of benzene rings is 2. The Morgan fingerprint density at radius 1 is 0.978 bits per heavy atom. The molecule has 2 aromatic carbocycles. The number of piperazine rings is 1. The molecule has 2 aliphatic rings. The Labute approximate surface area is 268 Å². The Balaban J connectivity index is 1.26. The summed E-state index contributed by atoms with van der Waals surface area (Å²) in [5.74, 6) is 2.06. The summed E-state index contributed by atoms with van der Waals surface area (Å²) in [5, 5.41) is 8.18. The molecule has 0 bridgehead atoms. The van der Waals surface area contributed by atoms with Gasteiger partial charge in [0.05, 0.1) is 43.9 Å². The van der Waals surface area contributed by atoms with E-state index in [9.17, 15) is 4.79 Å². The second-order valence-corrected chi connectivity index (χ2v) is 11.1. The number of anilines is 5. The molecule has 6 rings (SSSR count). The summed E-state index contributed by atoms with van der Waals surface area (Å²) in [4.78, 5) is 36.4. The quantitative estimate of drug-likeness (QED) is 0.231. The number of hydroxylamine groups is 1. The van der Waals surface area contributed by atoms with Crippen LogP contribution in [0.2, 0.25) is 0 Å². The maximum atomic E-state index is 12.4. The van der Waals surface area contributed by atoms with E-state index in [2.05, 4.69) is 67.2 Å². The van der Waals surface area contributed by atoms with E-state index < -0.39 is 0 Å². The maximum absolute atomic E-state index is 12.4. The minimum Gasteiger partial charge on any atom is -0.494 e. The molecule has 2 aliphatic heterocycles. The molecule has 46 heavy (non-hydrogen) atoms. The van der Waals surface area contributed by atoms with Gasteiger partial charge in [-0.25, -0.2) is 20.0 Å². The molecule has 0 aliphatic carbocycles. The van der Waals surface area contributed by atoms with Crippen LogP contribution in [0.15, 0.2) is 79.8 Å². The summed E-state index contributed by atoms with van der Waals surface area (Å²) < 4.78 is 11.0. The van der Waals surface area contributed by atoms with Crippen LogP contribution < -0.4 is 30.1 Å². The van der Waals surface area contributed by atoms with Crippen molar-refractivity contribution >= 4 is 34.6 Å². The summed E-state index contributed by atoms with van der Waals surface area (Å²) in [6.07, 6.45) is 5.37. The van der Waals surface area contributed by atoms with Crippen molar-refractivity contribution in [3.63, 3.8) is 0 Å². The molecule has 0 unspecified atom stereocenters. The number of carbonyl (C=O) groups excluding carboxylic acids is 1. The van der Waals surface area contributed by atoms with E-state index in [1.807, 2.05) is 47.7 Å². The van der Waals surface area contributed by atoms with E-state index in [0.717, 1.165) is 55.0 Å². The zero-order valence-corrected chi connectivity index (χ0v) is 26.3. The first-order valence-electron chi connectivity index (χ1n) is 15.2. The van der Waals surface area contributed by atoms with Crippen LogP contribution in [-0.2, 0) is 9.63 Å². The lowest BCUT2D eigenvalue weighted by atomic mass is 9.99. The second-order valence-electron chi connectivity index (χ2n) is 11.1. The Kier molecular flexibility index (Phi) is 9.27. The van der Waals surface area contributed by atoms with Crippen LogP contribution >= 0.6 is 0 Å². The summed E-state index contributed by atoms with van der Waals surface area (Å²) >= 11 is 0. The van der Waals surface area contributed by atoms with Crippen LogP contribution in [0.3, 0.4) is 0 Å². The fourth-order valence-corrected chi connectivity index (χ4v) is 5.70. The van der Waals surface area contributed by atoms with Gasteiger partial charge in [-0.05, 0) is 42.4 Å². The molecule has 2 aromatic heterocycles. The number of hydrogen-bond donors (Lipinski definition) is 2. The first-order valence-corrected chi connectivity index (χ1v) is 15.2. The fraction of sp³-hybridized carbons (Fsp3) is 0.294. The molecule has 238 valence electrons. The van der Waals surface area contributed by atoms with Crippen molar-refractivity contribution < 1.29 is 19.1 Å².